The third-order valence-corrected chi connectivity index (χ3v) is 8.18. The van der Waals surface area contributed by atoms with E-state index in [0.717, 1.165) is 19.3 Å². The molecule has 1 saturated heterocycles. The number of nitrogens with zero attached hydrogens (tertiary/aromatic N) is 5. The summed E-state index contributed by atoms with van der Waals surface area (Å²) in [6, 6.07) is 6.06. The standard InChI is InChI=1S/C20H22FN5O3S/c1-13-22-17(12-25(13)2)30(27,28)26-8-6-20(7-9-26)11-16(20)19-24-23-18(29-19)14-4-3-5-15(21)10-14/h3-5,10,12,16H,6-9,11H2,1-2H3/t16-/m0/s1. The second-order valence-corrected chi connectivity index (χ2v) is 10.1. The molecule has 2 aromatic heterocycles. The molecule has 0 N–H and O–H groups in total. The van der Waals surface area contributed by atoms with Crippen molar-refractivity contribution >= 4 is 10.0 Å². The number of piperidine rings is 1. The fraction of sp³-hybridized carbons (Fsp3) is 0.450. The maximum Gasteiger partial charge on any atom is 0.262 e. The Balaban J connectivity index is 1.28. The molecule has 1 spiro atoms. The molecule has 0 unspecified atom stereocenters. The first-order valence-electron chi connectivity index (χ1n) is 9.88. The van der Waals surface area contributed by atoms with Crippen LogP contribution in [0.15, 0.2) is 39.9 Å². The number of hydrogen-bond donors (Lipinski definition) is 0. The van der Waals surface area contributed by atoms with Crippen molar-refractivity contribution in [1.82, 2.24) is 24.1 Å². The molecule has 158 valence electrons. The fourth-order valence-corrected chi connectivity index (χ4v) is 5.78. The van der Waals surface area contributed by atoms with Crippen LogP contribution in [0.5, 0.6) is 0 Å². The quantitative estimate of drug-likeness (QED) is 0.631. The number of hydrogen-bond acceptors (Lipinski definition) is 6. The molecule has 10 heteroatoms. The number of aromatic nitrogens is 4. The highest BCUT2D eigenvalue weighted by molar-refractivity contribution is 7.89. The van der Waals surface area contributed by atoms with Crippen LogP contribution in [-0.2, 0) is 17.1 Å². The summed E-state index contributed by atoms with van der Waals surface area (Å²) in [7, 11) is -1.81. The Hall–Kier alpha value is -2.59. The Morgan fingerprint density at radius 2 is 2.00 bits per heavy atom. The first kappa shape index (κ1) is 19.4. The average Bonchev–Trinajstić information content (AvgIpc) is 3.04. The summed E-state index contributed by atoms with van der Waals surface area (Å²) in [5.41, 5.74) is 0.549. The van der Waals surface area contributed by atoms with E-state index in [-0.39, 0.29) is 22.2 Å². The van der Waals surface area contributed by atoms with Gasteiger partial charge in [-0.1, -0.05) is 6.07 Å². The van der Waals surface area contributed by atoms with Crippen LogP contribution in [0.2, 0.25) is 0 Å². The number of aryl methyl sites for hydroxylation is 2. The summed E-state index contributed by atoms with van der Waals surface area (Å²) < 4.78 is 48.3. The summed E-state index contributed by atoms with van der Waals surface area (Å²) in [4.78, 5) is 4.18. The van der Waals surface area contributed by atoms with Crippen LogP contribution in [0.1, 0.15) is 36.9 Å². The van der Waals surface area contributed by atoms with E-state index in [1.165, 1.54) is 16.4 Å². The van der Waals surface area contributed by atoms with Crippen LogP contribution in [0, 0.1) is 18.2 Å². The maximum atomic E-state index is 13.4. The molecule has 0 bridgehead atoms. The van der Waals surface area contributed by atoms with Gasteiger partial charge in [0.25, 0.3) is 10.0 Å². The molecule has 1 aromatic carbocycles. The molecule has 1 saturated carbocycles. The lowest BCUT2D eigenvalue weighted by Gasteiger charge is -2.31. The lowest BCUT2D eigenvalue weighted by Crippen LogP contribution is -2.39. The van der Waals surface area contributed by atoms with Gasteiger partial charge < -0.3 is 8.98 Å². The molecule has 3 heterocycles. The van der Waals surface area contributed by atoms with Crippen molar-refractivity contribution in [3.05, 3.63) is 48.0 Å². The Bertz CT molecular complexity index is 1190. The Morgan fingerprint density at radius 1 is 1.23 bits per heavy atom. The van der Waals surface area contributed by atoms with Gasteiger partial charge >= 0.3 is 0 Å². The molecule has 0 radical (unpaired) electrons. The molecule has 8 nitrogen and oxygen atoms in total. The van der Waals surface area contributed by atoms with E-state index in [0.29, 0.717) is 36.3 Å². The smallest absolute Gasteiger partial charge is 0.262 e. The van der Waals surface area contributed by atoms with Gasteiger partial charge in [-0.15, -0.1) is 10.2 Å². The zero-order valence-electron chi connectivity index (χ0n) is 16.7. The summed E-state index contributed by atoms with van der Waals surface area (Å²) in [5.74, 6) is 1.28. The Kier molecular flexibility index (Phi) is 4.33. The number of benzene rings is 1. The van der Waals surface area contributed by atoms with E-state index in [4.69, 9.17) is 4.42 Å². The van der Waals surface area contributed by atoms with Crippen molar-refractivity contribution in [3.63, 3.8) is 0 Å². The van der Waals surface area contributed by atoms with E-state index >= 15 is 0 Å². The topological polar surface area (TPSA) is 94.1 Å². The zero-order chi connectivity index (χ0) is 21.1. The highest BCUT2D eigenvalue weighted by Gasteiger charge is 2.59. The number of imidazole rings is 1. The predicted octanol–water partition coefficient (Wildman–Crippen LogP) is 2.88. The molecule has 1 aliphatic heterocycles. The van der Waals surface area contributed by atoms with Gasteiger partial charge in [0.15, 0.2) is 5.03 Å². The van der Waals surface area contributed by atoms with Crippen molar-refractivity contribution in [2.24, 2.45) is 12.5 Å². The van der Waals surface area contributed by atoms with Gasteiger partial charge in [0.1, 0.15) is 11.6 Å². The minimum absolute atomic E-state index is 0.00219. The number of sulfonamides is 1. The van der Waals surface area contributed by atoms with Crippen molar-refractivity contribution in [3.8, 4) is 11.5 Å². The molecular weight excluding hydrogens is 409 g/mol. The minimum Gasteiger partial charge on any atom is -0.420 e. The molecule has 2 fully saturated rings. The third kappa shape index (κ3) is 3.14. The molecule has 5 rings (SSSR count). The van der Waals surface area contributed by atoms with E-state index in [1.807, 2.05) is 0 Å². The second kappa shape index (κ2) is 6.71. The molecule has 2 aliphatic rings. The van der Waals surface area contributed by atoms with Crippen LogP contribution in [0.3, 0.4) is 0 Å². The van der Waals surface area contributed by atoms with Crippen molar-refractivity contribution in [2.75, 3.05) is 13.1 Å². The van der Waals surface area contributed by atoms with Gasteiger partial charge in [0.05, 0.1) is 0 Å². The number of halogens is 1. The first-order valence-corrected chi connectivity index (χ1v) is 11.3. The van der Waals surface area contributed by atoms with Gasteiger partial charge in [-0.25, -0.2) is 17.8 Å². The fourth-order valence-electron chi connectivity index (χ4n) is 4.32. The van der Waals surface area contributed by atoms with Crippen molar-refractivity contribution in [1.29, 1.82) is 0 Å². The molecule has 30 heavy (non-hydrogen) atoms. The van der Waals surface area contributed by atoms with Gasteiger partial charge in [0.2, 0.25) is 11.8 Å². The minimum atomic E-state index is -3.59. The lowest BCUT2D eigenvalue weighted by molar-refractivity contribution is 0.245. The van der Waals surface area contributed by atoms with Crippen molar-refractivity contribution < 1.29 is 17.2 Å². The van der Waals surface area contributed by atoms with Gasteiger partial charge in [-0.3, -0.25) is 0 Å². The van der Waals surface area contributed by atoms with E-state index in [1.54, 1.807) is 36.9 Å². The van der Waals surface area contributed by atoms with Gasteiger partial charge in [-0.2, -0.15) is 4.31 Å². The van der Waals surface area contributed by atoms with E-state index in [9.17, 15) is 12.8 Å². The maximum absolute atomic E-state index is 13.4. The molecule has 0 amide bonds. The first-order chi connectivity index (χ1) is 14.3. The van der Waals surface area contributed by atoms with Gasteiger partial charge in [-0.05, 0) is 49.8 Å². The van der Waals surface area contributed by atoms with Crippen LogP contribution in [-0.4, -0.2) is 45.6 Å². The van der Waals surface area contributed by atoms with Gasteiger partial charge in [0, 0.05) is 37.8 Å². The largest absolute Gasteiger partial charge is 0.420 e. The van der Waals surface area contributed by atoms with E-state index in [2.05, 4.69) is 15.2 Å². The molecular formula is C20H22FN5O3S. The second-order valence-electron chi connectivity index (χ2n) is 8.22. The monoisotopic (exact) mass is 431 g/mol. The summed E-state index contributed by atoms with van der Waals surface area (Å²) >= 11 is 0. The zero-order valence-corrected chi connectivity index (χ0v) is 17.6. The molecule has 3 aromatic rings. The normalized spacial score (nSPS) is 21.2. The summed E-state index contributed by atoms with van der Waals surface area (Å²) in [6.45, 7) is 2.67. The lowest BCUT2D eigenvalue weighted by atomic mass is 9.92. The molecule has 1 atom stereocenters. The highest BCUT2D eigenvalue weighted by Crippen LogP contribution is 2.64. The Labute approximate surface area is 173 Å². The number of rotatable bonds is 4. The highest BCUT2D eigenvalue weighted by atomic mass is 32.2. The molecule has 1 aliphatic carbocycles. The van der Waals surface area contributed by atoms with Crippen LogP contribution in [0.4, 0.5) is 4.39 Å². The van der Waals surface area contributed by atoms with Crippen LogP contribution < -0.4 is 0 Å². The average molecular weight is 431 g/mol. The predicted molar refractivity (Wildman–Crippen MR) is 105 cm³/mol. The van der Waals surface area contributed by atoms with Crippen LogP contribution in [0.25, 0.3) is 11.5 Å². The Morgan fingerprint density at radius 3 is 2.67 bits per heavy atom. The SMILES string of the molecule is Cc1nc(S(=O)(=O)N2CCC3(CC2)C[C@H]3c2nnc(-c3cccc(F)c3)o2)cn1C. The summed E-state index contributed by atoms with van der Waals surface area (Å²) in [6.07, 6.45) is 3.93. The van der Waals surface area contributed by atoms with Crippen LogP contribution >= 0.6 is 0 Å². The third-order valence-electron chi connectivity index (χ3n) is 6.41. The van der Waals surface area contributed by atoms with Crippen molar-refractivity contribution in [2.45, 2.75) is 37.1 Å². The van der Waals surface area contributed by atoms with E-state index < -0.39 is 10.0 Å². The summed E-state index contributed by atoms with van der Waals surface area (Å²) in [5, 5.41) is 8.35.